The average molecular weight is 1010 g/mol. The Morgan fingerprint density at radius 2 is 1.17 bits per heavy atom. The van der Waals surface area contributed by atoms with Crippen LogP contribution in [-0.4, -0.2) is 87.8 Å². The van der Waals surface area contributed by atoms with Crippen molar-refractivity contribution in [3.05, 3.63) is 23.3 Å². The predicted octanol–water partition coefficient (Wildman–Crippen LogP) is 10.8. The average Bonchev–Trinajstić information content (AvgIpc) is 3.10. The van der Waals surface area contributed by atoms with E-state index >= 15 is 0 Å². The van der Waals surface area contributed by atoms with E-state index in [9.17, 15) is 40.1 Å². The molecule has 0 aliphatic rings. The molecule has 0 heterocycles. The predicted molar refractivity (Wildman–Crippen MR) is 226 cm³/mol. The van der Waals surface area contributed by atoms with Crippen molar-refractivity contribution in [1.29, 1.82) is 0 Å². The number of carbonyl (C=O) groups excluding carboxylic acids is 2. The Labute approximate surface area is 372 Å². The molecule has 11 nitrogen and oxygen atoms in total. The molecule has 1 unspecified atom stereocenters. The van der Waals surface area contributed by atoms with Gasteiger partial charge in [0.1, 0.15) is 15.0 Å². The van der Waals surface area contributed by atoms with Gasteiger partial charge in [-0.25, -0.2) is 17.2 Å². The van der Waals surface area contributed by atoms with Crippen LogP contribution in [0.3, 0.4) is 0 Å². The van der Waals surface area contributed by atoms with Gasteiger partial charge >= 0.3 is 34.3 Å². The Kier molecular flexibility index (Phi) is 35.8. The molecular formula is C40H77AgF4O11SSi2. The number of hydrogen-bond acceptors (Lipinski definition) is 11. The van der Waals surface area contributed by atoms with Crippen molar-refractivity contribution >= 4 is 38.7 Å². The molecule has 0 spiro atoms. The number of unbranched alkanes of at least 4 members (excludes halogenated alkanes) is 1. The molecule has 1 aromatic carbocycles. The fourth-order valence-corrected chi connectivity index (χ4v) is 14.0. The Morgan fingerprint density at radius 1 is 0.729 bits per heavy atom. The van der Waals surface area contributed by atoms with Gasteiger partial charge in [-0.3, -0.25) is 9.59 Å². The third-order valence-electron chi connectivity index (χ3n) is 8.98. The van der Waals surface area contributed by atoms with E-state index in [1.807, 2.05) is 20.8 Å². The van der Waals surface area contributed by atoms with Crippen molar-refractivity contribution in [3.8, 4) is 5.75 Å². The number of rotatable bonds is 23. The number of benzene rings is 1. The third-order valence-corrected chi connectivity index (χ3v) is 17.4. The van der Waals surface area contributed by atoms with Crippen molar-refractivity contribution in [3.63, 3.8) is 0 Å². The van der Waals surface area contributed by atoms with Crippen LogP contribution in [0.2, 0.25) is 38.3 Å². The van der Waals surface area contributed by atoms with Gasteiger partial charge in [0.15, 0.2) is 28.3 Å². The van der Waals surface area contributed by atoms with Gasteiger partial charge < -0.3 is 32.4 Å². The molecule has 0 saturated heterocycles. The minimum absolute atomic E-state index is 0. The summed E-state index contributed by atoms with van der Waals surface area (Å²) in [5, 5.41) is 0. The maximum absolute atomic E-state index is 13.6. The number of esters is 2. The minimum atomic E-state index is -5.81. The fourth-order valence-electron chi connectivity index (χ4n) is 4.40. The normalized spacial score (nSPS) is 12.3. The minimum Gasteiger partial charge on any atom is -0.744 e. The number of halogens is 4. The van der Waals surface area contributed by atoms with Crippen molar-refractivity contribution in [2.75, 3.05) is 40.1 Å². The quantitative estimate of drug-likeness (QED) is 0.0196. The summed E-state index contributed by atoms with van der Waals surface area (Å²) in [4.78, 5) is 21.3. The molecule has 0 amide bonds. The molecule has 1 atom stereocenters. The van der Waals surface area contributed by atoms with Crippen LogP contribution in [-0.2, 0) is 65.2 Å². The first-order chi connectivity index (χ1) is 25.6. The van der Waals surface area contributed by atoms with Crippen LogP contribution in [0.4, 0.5) is 17.6 Å². The second kappa shape index (κ2) is 31.6. The Hall–Kier alpha value is -1.20. The molecule has 0 bridgehead atoms. The van der Waals surface area contributed by atoms with Gasteiger partial charge in [0.05, 0.1) is 50.0 Å². The number of ether oxygens (including phenoxy) is 5. The van der Waals surface area contributed by atoms with Crippen molar-refractivity contribution in [2.45, 2.75) is 165 Å². The summed E-state index contributed by atoms with van der Waals surface area (Å²) in [6.45, 7) is 29.0. The molecule has 0 aliphatic carbocycles. The summed E-state index contributed by atoms with van der Waals surface area (Å²) < 4.78 is 118. The van der Waals surface area contributed by atoms with E-state index in [4.69, 9.17) is 23.1 Å². The monoisotopic (exact) mass is 1000 g/mol. The van der Waals surface area contributed by atoms with E-state index in [0.29, 0.717) is 39.1 Å². The molecule has 0 aliphatic heterocycles. The third kappa shape index (κ3) is 26.8. The maximum atomic E-state index is 13.6. The SMILES string of the molecule is C.C.CCC(C)(C)C(=O)Oc1c(F)c(F)c(S(=O)(=O)[O-])c(F)c1F.CCC(C)OCCOCCOC.CCCC[Si](C)(C)O[Si](C)(C)CCCOC(=O)C(C)(C)CC.[Ag+]. The van der Waals surface area contributed by atoms with E-state index < -0.39 is 72.1 Å². The van der Waals surface area contributed by atoms with Gasteiger partial charge in [-0.05, 0) is 98.6 Å². The number of carbonyl (C=O) groups is 2. The summed E-state index contributed by atoms with van der Waals surface area (Å²) in [5.41, 5.74) is -1.58. The standard InChI is InChI=1S/C17H38O3Si2.C12H12F4O5S.C9H20O3.2CH4.Ag/c1-9-11-14-21(5,6)20-22(7,8)15-12-13-19-16(18)17(3,4)10-2;1-4-12(2,3)11(17)21-9-5(13)7(15)10(22(18,19)20)8(16)6(9)14;1-4-9(2)12-8-7-11-6-5-10-3;;;/h9-15H2,1-8H3;4H2,1-3H3,(H,18,19,20);9H,4-8H2,1-3H3;2*1H4;/q;;;;;+1/p-1. The molecule has 0 N–H and O–H groups in total. The summed E-state index contributed by atoms with van der Waals surface area (Å²) in [7, 11) is -7.31. The zero-order valence-corrected chi connectivity index (χ0v) is 40.8. The molecule has 0 fully saturated rings. The Bertz CT molecular complexity index is 1420. The van der Waals surface area contributed by atoms with Crippen LogP contribution in [0.25, 0.3) is 0 Å². The molecular weight excluding hydrogens is 929 g/mol. The van der Waals surface area contributed by atoms with Crippen LogP contribution < -0.4 is 4.74 Å². The van der Waals surface area contributed by atoms with Gasteiger partial charge in [0.2, 0.25) is 17.4 Å². The van der Waals surface area contributed by atoms with Gasteiger partial charge in [0.25, 0.3) is 0 Å². The molecule has 356 valence electrons. The van der Waals surface area contributed by atoms with Gasteiger partial charge in [-0.15, -0.1) is 0 Å². The first-order valence-corrected chi connectivity index (χ1v) is 26.8. The largest absolute Gasteiger partial charge is 1.00 e. The molecule has 59 heavy (non-hydrogen) atoms. The van der Waals surface area contributed by atoms with Crippen molar-refractivity contribution in [1.82, 2.24) is 0 Å². The maximum Gasteiger partial charge on any atom is 1.00 e. The molecule has 0 aromatic heterocycles. The Morgan fingerprint density at radius 3 is 1.58 bits per heavy atom. The van der Waals surface area contributed by atoms with Crippen molar-refractivity contribution in [2.24, 2.45) is 10.8 Å². The van der Waals surface area contributed by atoms with Crippen molar-refractivity contribution < 1.29 is 90.3 Å². The van der Waals surface area contributed by atoms with Crippen LogP contribution >= 0.6 is 0 Å². The second-order valence-corrected chi connectivity index (χ2v) is 26.1. The second-order valence-electron chi connectivity index (χ2n) is 15.9. The first-order valence-electron chi connectivity index (χ1n) is 19.2. The van der Waals surface area contributed by atoms with E-state index in [0.717, 1.165) is 25.3 Å². The van der Waals surface area contributed by atoms with Gasteiger partial charge in [-0.2, -0.15) is 8.78 Å². The first kappa shape index (κ1) is 66.9. The molecule has 19 heteroatoms. The topological polar surface area (TPSA) is 147 Å². The van der Waals surface area contributed by atoms with E-state index in [2.05, 4.69) is 51.7 Å². The van der Waals surface area contributed by atoms with Crippen LogP contribution in [0.1, 0.15) is 116 Å². The van der Waals surface area contributed by atoms with E-state index in [1.165, 1.54) is 32.7 Å². The summed E-state index contributed by atoms with van der Waals surface area (Å²) >= 11 is 0. The molecule has 1 aromatic rings. The van der Waals surface area contributed by atoms with E-state index in [1.54, 1.807) is 14.0 Å². The summed E-state index contributed by atoms with van der Waals surface area (Å²) in [5.74, 6) is -12.5. The number of methoxy groups -OCH3 is 1. The van der Waals surface area contributed by atoms with Gasteiger partial charge in [-0.1, -0.05) is 55.4 Å². The summed E-state index contributed by atoms with van der Waals surface area (Å²) in [6.07, 6.45) is 5.83. The Balaban J connectivity index is -0.000000251. The van der Waals surface area contributed by atoms with Crippen LogP contribution in [0.15, 0.2) is 4.90 Å². The molecule has 0 saturated carbocycles. The molecule has 1 rings (SSSR count). The zero-order valence-electron chi connectivity index (χ0n) is 36.5. The van der Waals surface area contributed by atoms with Gasteiger partial charge in [0, 0.05) is 7.11 Å². The fraction of sp³-hybridized carbons (Fsp3) is 0.800. The van der Waals surface area contributed by atoms with E-state index in [-0.39, 0.29) is 55.0 Å². The summed E-state index contributed by atoms with van der Waals surface area (Å²) in [6, 6.07) is 2.31. The van der Waals surface area contributed by atoms with Crippen LogP contribution in [0, 0.1) is 34.1 Å². The number of hydrogen-bond donors (Lipinski definition) is 0. The zero-order chi connectivity index (χ0) is 44.1. The van der Waals surface area contributed by atoms with Crippen LogP contribution in [0.5, 0.6) is 5.75 Å². The smallest absolute Gasteiger partial charge is 0.744 e. The molecule has 0 radical (unpaired) electrons.